The first kappa shape index (κ1) is 8.46. The van der Waals surface area contributed by atoms with Gasteiger partial charge in [-0.2, -0.15) is 0 Å². The molecule has 1 atom stereocenters. The molecule has 3 nitrogen and oxygen atoms in total. The van der Waals surface area contributed by atoms with Crippen molar-refractivity contribution in [3.63, 3.8) is 0 Å². The fraction of sp³-hybridized carbons (Fsp3) is 0.286. The quantitative estimate of drug-likeness (QED) is 0.647. The highest BCUT2D eigenvalue weighted by molar-refractivity contribution is 6.30. The number of pyridine rings is 1. The van der Waals surface area contributed by atoms with Gasteiger partial charge in [0.15, 0.2) is 0 Å². The zero-order valence-electron chi connectivity index (χ0n) is 5.87. The first-order chi connectivity index (χ1) is 5.25. The highest BCUT2D eigenvalue weighted by Crippen LogP contribution is 2.18. The standard InChI is InChI=1S/C7H9ClN2O/c8-7-5(6(11)4-9)2-1-3-10-7/h1-3,6,11H,4,9H2/t6-/m0/s1. The van der Waals surface area contributed by atoms with E-state index in [9.17, 15) is 5.11 Å². The molecule has 0 fully saturated rings. The van der Waals surface area contributed by atoms with Gasteiger partial charge in [-0.1, -0.05) is 17.7 Å². The van der Waals surface area contributed by atoms with Crippen LogP contribution in [0.1, 0.15) is 11.7 Å². The molecular formula is C7H9ClN2O. The number of aliphatic hydroxyl groups excluding tert-OH is 1. The Bertz CT molecular complexity index is 242. The fourth-order valence-corrected chi connectivity index (χ4v) is 1.02. The molecule has 1 rings (SSSR count). The van der Waals surface area contributed by atoms with Crippen molar-refractivity contribution in [3.05, 3.63) is 29.0 Å². The third-order valence-corrected chi connectivity index (χ3v) is 1.69. The number of nitrogens with two attached hydrogens (primary N) is 1. The lowest BCUT2D eigenvalue weighted by Gasteiger charge is -2.07. The van der Waals surface area contributed by atoms with E-state index in [1.165, 1.54) is 0 Å². The van der Waals surface area contributed by atoms with E-state index in [4.69, 9.17) is 17.3 Å². The molecule has 1 aromatic rings. The molecule has 0 saturated carbocycles. The molecule has 0 aromatic carbocycles. The van der Waals surface area contributed by atoms with Crippen molar-refractivity contribution in [1.29, 1.82) is 0 Å². The van der Waals surface area contributed by atoms with Gasteiger partial charge in [-0.25, -0.2) is 4.98 Å². The summed E-state index contributed by atoms with van der Waals surface area (Å²) < 4.78 is 0. The monoisotopic (exact) mass is 172 g/mol. The van der Waals surface area contributed by atoms with Crippen LogP contribution in [0.5, 0.6) is 0 Å². The minimum atomic E-state index is -0.712. The zero-order chi connectivity index (χ0) is 8.27. The first-order valence-corrected chi connectivity index (χ1v) is 3.62. The molecule has 1 aromatic heterocycles. The summed E-state index contributed by atoms with van der Waals surface area (Å²) in [5.74, 6) is 0. The molecule has 0 unspecified atom stereocenters. The fourth-order valence-electron chi connectivity index (χ4n) is 0.774. The molecule has 11 heavy (non-hydrogen) atoms. The summed E-state index contributed by atoms with van der Waals surface area (Å²) in [6, 6.07) is 3.41. The van der Waals surface area contributed by atoms with Gasteiger partial charge in [0.05, 0.1) is 6.10 Å². The van der Waals surface area contributed by atoms with Crippen LogP contribution >= 0.6 is 11.6 Å². The molecule has 60 valence electrons. The highest BCUT2D eigenvalue weighted by atomic mass is 35.5. The lowest BCUT2D eigenvalue weighted by atomic mass is 10.2. The Morgan fingerprint density at radius 1 is 1.73 bits per heavy atom. The van der Waals surface area contributed by atoms with Crippen LogP contribution in [-0.2, 0) is 0 Å². The average molecular weight is 173 g/mol. The third kappa shape index (κ3) is 1.89. The van der Waals surface area contributed by atoms with Gasteiger partial charge in [-0.3, -0.25) is 0 Å². The zero-order valence-corrected chi connectivity index (χ0v) is 6.62. The molecule has 4 heteroatoms. The topological polar surface area (TPSA) is 59.1 Å². The van der Waals surface area contributed by atoms with Crippen molar-refractivity contribution in [3.8, 4) is 0 Å². The van der Waals surface area contributed by atoms with Crippen molar-refractivity contribution < 1.29 is 5.11 Å². The van der Waals surface area contributed by atoms with Crippen LogP contribution in [0.15, 0.2) is 18.3 Å². The minimum absolute atomic E-state index is 0.158. The molecule has 0 aliphatic carbocycles. The van der Waals surface area contributed by atoms with Gasteiger partial charge < -0.3 is 10.8 Å². The number of rotatable bonds is 2. The largest absolute Gasteiger partial charge is 0.387 e. The molecule has 0 aliphatic heterocycles. The average Bonchev–Trinajstić information content (AvgIpc) is 2.04. The van der Waals surface area contributed by atoms with Crippen LogP contribution < -0.4 is 5.73 Å². The molecule has 3 N–H and O–H groups in total. The summed E-state index contributed by atoms with van der Waals surface area (Å²) >= 11 is 5.67. The lowest BCUT2D eigenvalue weighted by Crippen LogP contribution is -2.12. The Morgan fingerprint density at radius 3 is 3.00 bits per heavy atom. The summed E-state index contributed by atoms with van der Waals surface area (Å²) in [5, 5.41) is 9.57. The summed E-state index contributed by atoms with van der Waals surface area (Å²) in [6.45, 7) is 0.158. The van der Waals surface area contributed by atoms with Crippen LogP contribution in [0.25, 0.3) is 0 Å². The summed E-state index contributed by atoms with van der Waals surface area (Å²) in [4.78, 5) is 3.80. The lowest BCUT2D eigenvalue weighted by molar-refractivity contribution is 0.186. The van der Waals surface area contributed by atoms with E-state index in [0.717, 1.165) is 0 Å². The van der Waals surface area contributed by atoms with Crippen molar-refractivity contribution in [1.82, 2.24) is 4.98 Å². The Morgan fingerprint density at radius 2 is 2.45 bits per heavy atom. The van der Waals surface area contributed by atoms with Crippen LogP contribution in [0.4, 0.5) is 0 Å². The van der Waals surface area contributed by atoms with Gasteiger partial charge >= 0.3 is 0 Å². The third-order valence-electron chi connectivity index (χ3n) is 1.37. The Labute approximate surface area is 69.8 Å². The number of nitrogens with zero attached hydrogens (tertiary/aromatic N) is 1. The molecule has 0 aliphatic rings. The number of hydrogen-bond donors (Lipinski definition) is 2. The molecule has 0 saturated heterocycles. The van der Waals surface area contributed by atoms with Crippen LogP contribution in [0.3, 0.4) is 0 Å². The number of aliphatic hydroxyl groups is 1. The maximum atomic E-state index is 9.26. The molecule has 0 radical (unpaired) electrons. The van der Waals surface area contributed by atoms with Gasteiger partial charge in [0.1, 0.15) is 5.15 Å². The van der Waals surface area contributed by atoms with Crippen molar-refractivity contribution in [2.24, 2.45) is 5.73 Å². The van der Waals surface area contributed by atoms with Crippen molar-refractivity contribution in [2.45, 2.75) is 6.10 Å². The van der Waals surface area contributed by atoms with Gasteiger partial charge in [0.2, 0.25) is 0 Å². The van der Waals surface area contributed by atoms with Crippen molar-refractivity contribution in [2.75, 3.05) is 6.54 Å². The number of aromatic nitrogens is 1. The van der Waals surface area contributed by atoms with Crippen LogP contribution in [0.2, 0.25) is 5.15 Å². The van der Waals surface area contributed by atoms with E-state index in [-0.39, 0.29) is 6.54 Å². The van der Waals surface area contributed by atoms with E-state index in [0.29, 0.717) is 10.7 Å². The van der Waals surface area contributed by atoms with Crippen molar-refractivity contribution >= 4 is 11.6 Å². The van der Waals surface area contributed by atoms with Gasteiger partial charge in [0, 0.05) is 18.3 Å². The molecule has 1 heterocycles. The normalized spacial score (nSPS) is 13.0. The van der Waals surface area contributed by atoms with Gasteiger partial charge in [0.25, 0.3) is 0 Å². The summed E-state index contributed by atoms with van der Waals surface area (Å²) in [7, 11) is 0. The Hall–Kier alpha value is -0.640. The smallest absolute Gasteiger partial charge is 0.134 e. The second-order valence-electron chi connectivity index (χ2n) is 2.13. The molecule has 0 spiro atoms. The predicted octanol–water partition coefficient (Wildman–Crippen LogP) is 0.727. The van der Waals surface area contributed by atoms with E-state index in [2.05, 4.69) is 4.98 Å². The molecular weight excluding hydrogens is 164 g/mol. The maximum absolute atomic E-state index is 9.26. The van der Waals surface area contributed by atoms with Crippen LogP contribution in [0, 0.1) is 0 Å². The van der Waals surface area contributed by atoms with E-state index in [1.807, 2.05) is 0 Å². The first-order valence-electron chi connectivity index (χ1n) is 3.24. The SMILES string of the molecule is NC[C@H](O)c1cccnc1Cl. The second-order valence-corrected chi connectivity index (χ2v) is 2.49. The number of hydrogen-bond acceptors (Lipinski definition) is 3. The van der Waals surface area contributed by atoms with Crippen LogP contribution in [-0.4, -0.2) is 16.6 Å². The maximum Gasteiger partial charge on any atom is 0.134 e. The Kier molecular flexibility index (Phi) is 2.82. The van der Waals surface area contributed by atoms with E-state index >= 15 is 0 Å². The predicted molar refractivity (Wildman–Crippen MR) is 43.3 cm³/mol. The highest BCUT2D eigenvalue weighted by Gasteiger charge is 2.08. The van der Waals surface area contributed by atoms with E-state index < -0.39 is 6.10 Å². The van der Waals surface area contributed by atoms with E-state index in [1.54, 1.807) is 18.3 Å². The Balaban J connectivity index is 2.93. The number of halogens is 1. The summed E-state index contributed by atoms with van der Waals surface area (Å²) in [6.07, 6.45) is 0.853. The second kappa shape index (κ2) is 3.67. The molecule has 0 bridgehead atoms. The van der Waals surface area contributed by atoms with Gasteiger partial charge in [-0.15, -0.1) is 0 Å². The minimum Gasteiger partial charge on any atom is -0.387 e. The van der Waals surface area contributed by atoms with Gasteiger partial charge in [-0.05, 0) is 6.07 Å². The molecule has 0 amide bonds. The summed E-state index contributed by atoms with van der Waals surface area (Å²) in [5.41, 5.74) is 5.82.